The molecule has 0 atom stereocenters. The molecule has 3 heterocycles. The van der Waals surface area contributed by atoms with Crippen LogP contribution in [-0.2, 0) is 6.54 Å². The van der Waals surface area contributed by atoms with Gasteiger partial charge >= 0.3 is 11.3 Å². The molecular weight excluding hydrogens is 406 g/mol. The molecule has 0 bridgehead atoms. The first-order valence-electron chi connectivity index (χ1n) is 9.74. The fourth-order valence-electron chi connectivity index (χ4n) is 4.09. The molecule has 1 saturated heterocycles. The lowest BCUT2D eigenvalue weighted by atomic mass is 9.99. The molecule has 1 aliphatic rings. The zero-order valence-electron chi connectivity index (χ0n) is 16.0. The van der Waals surface area contributed by atoms with E-state index in [-0.39, 0.29) is 16.9 Å². The molecule has 0 radical (unpaired) electrons. The van der Waals surface area contributed by atoms with Gasteiger partial charge in [0.25, 0.3) is 0 Å². The number of nitrogens with zero attached hydrogens (tertiary/aromatic N) is 1. The summed E-state index contributed by atoms with van der Waals surface area (Å²) in [4.78, 5) is 27.3. The van der Waals surface area contributed by atoms with Gasteiger partial charge in [-0.15, -0.1) is 0 Å². The lowest BCUT2D eigenvalue weighted by molar-refractivity contribution is 0.323. The Morgan fingerprint density at radius 3 is 2.57 bits per heavy atom. The van der Waals surface area contributed by atoms with E-state index in [1.165, 1.54) is 6.07 Å². The van der Waals surface area contributed by atoms with Crippen molar-refractivity contribution in [1.82, 2.24) is 4.90 Å². The summed E-state index contributed by atoms with van der Waals surface area (Å²) in [7, 11) is 0. The summed E-state index contributed by atoms with van der Waals surface area (Å²) in [6, 6.07) is 11.1. The average Bonchev–Trinajstić information content (AvgIpc) is 3.23. The highest BCUT2D eigenvalue weighted by Gasteiger charge is 2.20. The maximum Gasteiger partial charge on any atom is 0.344 e. The zero-order valence-corrected chi connectivity index (χ0v) is 16.7. The van der Waals surface area contributed by atoms with Crippen LogP contribution in [0.15, 0.2) is 60.9 Å². The van der Waals surface area contributed by atoms with E-state index in [0.717, 1.165) is 25.9 Å². The summed E-state index contributed by atoms with van der Waals surface area (Å²) in [6.07, 6.45) is 2.20. The van der Waals surface area contributed by atoms with Crippen LogP contribution in [0.5, 0.6) is 5.75 Å². The number of fused-ring (bicyclic) bond motifs is 2. The largest absolute Gasteiger partial charge is 0.507 e. The molecule has 7 heteroatoms. The van der Waals surface area contributed by atoms with Crippen LogP contribution in [0.25, 0.3) is 33.1 Å². The summed E-state index contributed by atoms with van der Waals surface area (Å²) < 4.78 is 10.9. The third kappa shape index (κ3) is 3.28. The van der Waals surface area contributed by atoms with Crippen LogP contribution in [0, 0.1) is 0 Å². The van der Waals surface area contributed by atoms with Crippen molar-refractivity contribution in [3.8, 4) is 16.9 Å². The molecule has 0 aliphatic carbocycles. The van der Waals surface area contributed by atoms with Crippen LogP contribution >= 0.6 is 11.6 Å². The van der Waals surface area contributed by atoms with Gasteiger partial charge in [-0.3, -0.25) is 4.90 Å². The normalized spacial score (nSPS) is 14.7. The van der Waals surface area contributed by atoms with Crippen molar-refractivity contribution < 1.29 is 13.9 Å². The highest BCUT2D eigenvalue weighted by atomic mass is 35.5. The van der Waals surface area contributed by atoms with Gasteiger partial charge in [-0.1, -0.05) is 11.6 Å². The molecule has 0 unspecified atom stereocenters. The van der Waals surface area contributed by atoms with E-state index in [2.05, 4.69) is 4.90 Å². The van der Waals surface area contributed by atoms with E-state index in [1.807, 2.05) is 0 Å². The van der Waals surface area contributed by atoms with Crippen LogP contribution in [0.3, 0.4) is 0 Å². The van der Waals surface area contributed by atoms with E-state index in [1.54, 1.807) is 36.4 Å². The molecule has 1 aliphatic heterocycles. The number of phenolic OH excluding ortho intramolecular Hbond substituents is 1. The van der Waals surface area contributed by atoms with Crippen molar-refractivity contribution in [2.45, 2.75) is 19.4 Å². The zero-order chi connectivity index (χ0) is 20.8. The lowest BCUT2D eigenvalue weighted by Gasteiger charge is -2.17. The molecule has 1 fully saturated rings. The van der Waals surface area contributed by atoms with Gasteiger partial charge in [0, 0.05) is 34.0 Å². The van der Waals surface area contributed by atoms with Gasteiger partial charge < -0.3 is 13.9 Å². The number of hydrogen-bond acceptors (Lipinski definition) is 6. The molecule has 0 spiro atoms. The first-order chi connectivity index (χ1) is 14.5. The average molecular weight is 424 g/mol. The van der Waals surface area contributed by atoms with Crippen molar-refractivity contribution in [2.75, 3.05) is 13.1 Å². The van der Waals surface area contributed by atoms with Crippen molar-refractivity contribution in [1.29, 1.82) is 0 Å². The third-order valence-corrected chi connectivity index (χ3v) is 5.79. The molecule has 5 rings (SSSR count). The summed E-state index contributed by atoms with van der Waals surface area (Å²) >= 11 is 6.08. The quantitative estimate of drug-likeness (QED) is 0.488. The van der Waals surface area contributed by atoms with Crippen molar-refractivity contribution in [2.24, 2.45) is 0 Å². The number of benzene rings is 2. The fraction of sp³-hybridized carbons (Fsp3) is 0.217. The Morgan fingerprint density at radius 1 is 0.967 bits per heavy atom. The summed E-state index contributed by atoms with van der Waals surface area (Å²) in [5, 5.41) is 12.2. The van der Waals surface area contributed by atoms with Crippen LogP contribution < -0.4 is 11.3 Å². The molecule has 30 heavy (non-hydrogen) atoms. The number of likely N-dealkylation sites (tertiary alicyclic amines) is 1. The number of aromatic hydroxyl groups is 1. The Balaban J connectivity index is 1.76. The summed E-state index contributed by atoms with van der Waals surface area (Å²) in [6.45, 7) is 2.32. The van der Waals surface area contributed by atoms with Crippen LogP contribution in [-0.4, -0.2) is 23.1 Å². The van der Waals surface area contributed by atoms with Crippen molar-refractivity contribution in [3.63, 3.8) is 0 Å². The second kappa shape index (κ2) is 7.31. The molecule has 0 amide bonds. The predicted octanol–water partition coefficient (Wildman–Crippen LogP) is 4.52. The molecule has 0 saturated carbocycles. The Kier molecular flexibility index (Phi) is 4.60. The van der Waals surface area contributed by atoms with Crippen LogP contribution in [0.1, 0.15) is 18.4 Å². The van der Waals surface area contributed by atoms with Crippen LogP contribution in [0.4, 0.5) is 0 Å². The lowest BCUT2D eigenvalue weighted by Crippen LogP contribution is -2.19. The topological polar surface area (TPSA) is 83.9 Å². The van der Waals surface area contributed by atoms with E-state index < -0.39 is 11.3 Å². The second-order valence-corrected chi connectivity index (χ2v) is 7.97. The Bertz CT molecular complexity index is 1400. The SMILES string of the molecule is O=c1cc(-c2cc3cc(Cl)ccc3oc2=O)c2ccc(O)c(CN3CCCC3)c2o1. The van der Waals surface area contributed by atoms with E-state index in [0.29, 0.717) is 39.0 Å². The Morgan fingerprint density at radius 2 is 1.77 bits per heavy atom. The maximum absolute atomic E-state index is 12.7. The van der Waals surface area contributed by atoms with Gasteiger partial charge in [-0.25, -0.2) is 9.59 Å². The van der Waals surface area contributed by atoms with Gasteiger partial charge in [0.1, 0.15) is 16.9 Å². The molecule has 1 N–H and O–H groups in total. The monoisotopic (exact) mass is 423 g/mol. The minimum Gasteiger partial charge on any atom is -0.507 e. The second-order valence-electron chi connectivity index (χ2n) is 7.53. The molecule has 152 valence electrons. The smallest absolute Gasteiger partial charge is 0.344 e. The molecule has 6 nitrogen and oxygen atoms in total. The Hall–Kier alpha value is -3.09. The number of rotatable bonds is 3. The minimum absolute atomic E-state index is 0.0621. The standard InChI is InChI=1S/C23H18ClNO5/c24-14-3-6-20-13(9-14)10-17(23(28)29-20)16-11-21(27)30-22-15(16)4-5-19(26)18(22)12-25-7-1-2-8-25/h3-6,9-11,26H,1-2,7-8,12H2. The maximum atomic E-state index is 12.7. The molecule has 4 aromatic rings. The van der Waals surface area contributed by atoms with Gasteiger partial charge in [0.2, 0.25) is 0 Å². The summed E-state index contributed by atoms with van der Waals surface area (Å²) in [5.41, 5.74) is 0.714. The fourth-order valence-corrected chi connectivity index (χ4v) is 4.27. The molecule has 2 aromatic heterocycles. The van der Waals surface area contributed by atoms with Gasteiger partial charge in [0.15, 0.2) is 0 Å². The van der Waals surface area contributed by atoms with E-state index >= 15 is 0 Å². The van der Waals surface area contributed by atoms with Crippen molar-refractivity contribution >= 4 is 33.5 Å². The predicted molar refractivity (Wildman–Crippen MR) is 115 cm³/mol. The van der Waals surface area contributed by atoms with E-state index in [9.17, 15) is 14.7 Å². The highest BCUT2D eigenvalue weighted by molar-refractivity contribution is 6.31. The van der Waals surface area contributed by atoms with Gasteiger partial charge in [0.05, 0.1) is 11.1 Å². The van der Waals surface area contributed by atoms with Gasteiger partial charge in [-0.05, 0) is 62.3 Å². The van der Waals surface area contributed by atoms with E-state index in [4.69, 9.17) is 20.4 Å². The molecule has 2 aromatic carbocycles. The molecular formula is C23H18ClNO5. The van der Waals surface area contributed by atoms with Crippen LogP contribution in [0.2, 0.25) is 5.02 Å². The highest BCUT2D eigenvalue weighted by Crippen LogP contribution is 2.34. The minimum atomic E-state index is -0.601. The number of hydrogen-bond donors (Lipinski definition) is 1. The summed E-state index contributed by atoms with van der Waals surface area (Å²) in [5.74, 6) is 0.0621. The third-order valence-electron chi connectivity index (χ3n) is 5.56. The van der Waals surface area contributed by atoms with Crippen molar-refractivity contribution in [3.05, 3.63) is 73.9 Å². The first-order valence-corrected chi connectivity index (χ1v) is 10.1. The Labute approximate surface area is 175 Å². The number of halogens is 1. The number of phenols is 1. The first kappa shape index (κ1) is 18.9. The van der Waals surface area contributed by atoms with Gasteiger partial charge in [-0.2, -0.15) is 0 Å².